The van der Waals surface area contributed by atoms with Gasteiger partial charge in [-0.15, -0.1) is 0 Å². The minimum atomic E-state index is -0.0992. The Balaban J connectivity index is 2.14. The van der Waals surface area contributed by atoms with Crippen molar-refractivity contribution in [3.63, 3.8) is 0 Å². The van der Waals surface area contributed by atoms with E-state index >= 15 is 0 Å². The van der Waals surface area contributed by atoms with Gasteiger partial charge in [-0.2, -0.15) is 5.10 Å². The Kier molecular flexibility index (Phi) is 3.38. The molecule has 0 saturated carbocycles. The van der Waals surface area contributed by atoms with Gasteiger partial charge >= 0.3 is 0 Å². The van der Waals surface area contributed by atoms with E-state index < -0.39 is 0 Å². The maximum Gasteiger partial charge on any atom is 0.0856 e. The van der Waals surface area contributed by atoms with E-state index in [4.69, 9.17) is 4.74 Å². The molecule has 1 unspecified atom stereocenters. The summed E-state index contributed by atoms with van der Waals surface area (Å²) in [4.78, 5) is 0. The highest BCUT2D eigenvalue weighted by atomic mass is 79.9. The Labute approximate surface area is 112 Å². The van der Waals surface area contributed by atoms with Crippen LogP contribution in [0.1, 0.15) is 45.7 Å². The molecule has 2 rings (SSSR count). The van der Waals surface area contributed by atoms with E-state index in [1.807, 2.05) is 10.9 Å². The van der Waals surface area contributed by atoms with Gasteiger partial charge < -0.3 is 4.74 Å². The lowest BCUT2D eigenvalue weighted by Crippen LogP contribution is -2.46. The van der Waals surface area contributed by atoms with Gasteiger partial charge in [0.15, 0.2) is 0 Å². The Bertz CT molecular complexity index is 414. The molecule has 1 aliphatic heterocycles. The van der Waals surface area contributed by atoms with E-state index in [1.54, 1.807) is 0 Å². The molecule has 1 fully saturated rings. The zero-order valence-electron chi connectivity index (χ0n) is 11.1. The van der Waals surface area contributed by atoms with Gasteiger partial charge in [0.2, 0.25) is 0 Å². The second kappa shape index (κ2) is 4.39. The summed E-state index contributed by atoms with van der Waals surface area (Å²) in [5, 5.41) is 4.39. The summed E-state index contributed by atoms with van der Waals surface area (Å²) in [6, 6.07) is 0. The zero-order valence-corrected chi connectivity index (χ0v) is 12.7. The Hall–Kier alpha value is -0.350. The lowest BCUT2D eigenvalue weighted by molar-refractivity contribution is -0.172. The highest BCUT2D eigenvalue weighted by Crippen LogP contribution is 2.36. The third-order valence-corrected chi connectivity index (χ3v) is 4.31. The lowest BCUT2D eigenvalue weighted by atomic mass is 9.88. The van der Waals surface area contributed by atoms with E-state index in [0.717, 1.165) is 23.9 Å². The SMILES string of the molecule is Cc1c(Br)cnn1CC1(C)CCCC(C)(C)O1. The van der Waals surface area contributed by atoms with Gasteiger partial charge in [0.05, 0.1) is 28.4 Å². The Morgan fingerprint density at radius 3 is 2.65 bits per heavy atom. The van der Waals surface area contributed by atoms with E-state index in [1.165, 1.54) is 12.1 Å². The number of hydrogen-bond donors (Lipinski definition) is 0. The number of ether oxygens (including phenoxy) is 1. The van der Waals surface area contributed by atoms with E-state index in [-0.39, 0.29) is 11.2 Å². The molecule has 1 aromatic heterocycles. The molecule has 1 atom stereocenters. The van der Waals surface area contributed by atoms with Gasteiger partial charge in [-0.25, -0.2) is 0 Å². The summed E-state index contributed by atoms with van der Waals surface area (Å²) >= 11 is 3.50. The molecule has 0 bridgehead atoms. The number of hydrogen-bond acceptors (Lipinski definition) is 2. The van der Waals surface area contributed by atoms with E-state index in [0.29, 0.717) is 0 Å². The van der Waals surface area contributed by atoms with Crippen LogP contribution in [0.25, 0.3) is 0 Å². The van der Waals surface area contributed by atoms with Crippen molar-refractivity contribution in [3.8, 4) is 0 Å². The number of halogens is 1. The van der Waals surface area contributed by atoms with Crippen molar-refractivity contribution in [2.75, 3.05) is 0 Å². The highest BCUT2D eigenvalue weighted by molar-refractivity contribution is 9.10. The molecule has 1 saturated heterocycles. The molecule has 0 aliphatic carbocycles. The zero-order chi connectivity index (χ0) is 12.7. The molecule has 1 aromatic rings. The Morgan fingerprint density at radius 2 is 2.12 bits per heavy atom. The van der Waals surface area contributed by atoms with Crippen LogP contribution in [0.5, 0.6) is 0 Å². The van der Waals surface area contributed by atoms with Gasteiger partial charge in [0.1, 0.15) is 0 Å². The van der Waals surface area contributed by atoms with Crippen molar-refractivity contribution in [1.82, 2.24) is 9.78 Å². The van der Waals surface area contributed by atoms with Gasteiger partial charge in [0, 0.05) is 5.69 Å². The maximum atomic E-state index is 6.25. The average molecular weight is 301 g/mol. The molecule has 4 heteroatoms. The van der Waals surface area contributed by atoms with Gasteiger partial charge in [-0.3, -0.25) is 4.68 Å². The van der Waals surface area contributed by atoms with Gasteiger partial charge in [-0.05, 0) is 62.9 Å². The molecule has 0 spiro atoms. The molecular formula is C13H21BrN2O. The summed E-state index contributed by atoms with van der Waals surface area (Å²) in [5.41, 5.74) is 1.06. The maximum absolute atomic E-state index is 6.25. The minimum Gasteiger partial charge on any atom is -0.367 e. The smallest absolute Gasteiger partial charge is 0.0856 e. The monoisotopic (exact) mass is 300 g/mol. The van der Waals surface area contributed by atoms with Crippen LogP contribution in [0.4, 0.5) is 0 Å². The van der Waals surface area contributed by atoms with Crippen molar-refractivity contribution < 1.29 is 4.74 Å². The van der Waals surface area contributed by atoms with Crippen LogP contribution in [0.3, 0.4) is 0 Å². The molecule has 1 aliphatic rings. The Morgan fingerprint density at radius 1 is 1.41 bits per heavy atom. The quantitative estimate of drug-likeness (QED) is 0.833. The van der Waals surface area contributed by atoms with Crippen LogP contribution in [0.2, 0.25) is 0 Å². The van der Waals surface area contributed by atoms with E-state index in [9.17, 15) is 0 Å². The van der Waals surface area contributed by atoms with E-state index in [2.05, 4.69) is 48.7 Å². The molecule has 17 heavy (non-hydrogen) atoms. The van der Waals surface area contributed by atoms with Crippen LogP contribution < -0.4 is 0 Å². The predicted molar refractivity (Wildman–Crippen MR) is 72.1 cm³/mol. The third kappa shape index (κ3) is 2.91. The number of nitrogens with zero attached hydrogens (tertiary/aromatic N) is 2. The van der Waals surface area contributed by atoms with Crippen LogP contribution in [0, 0.1) is 6.92 Å². The fourth-order valence-electron chi connectivity index (χ4n) is 2.67. The first-order valence-electron chi connectivity index (χ1n) is 6.19. The van der Waals surface area contributed by atoms with Crippen molar-refractivity contribution in [2.24, 2.45) is 0 Å². The molecule has 3 nitrogen and oxygen atoms in total. The van der Waals surface area contributed by atoms with Crippen molar-refractivity contribution >= 4 is 15.9 Å². The van der Waals surface area contributed by atoms with Gasteiger partial charge in [0.25, 0.3) is 0 Å². The van der Waals surface area contributed by atoms with Crippen LogP contribution in [-0.4, -0.2) is 21.0 Å². The first kappa shape index (κ1) is 13.1. The van der Waals surface area contributed by atoms with Crippen LogP contribution in [0.15, 0.2) is 10.7 Å². The first-order valence-corrected chi connectivity index (χ1v) is 6.99. The molecule has 0 amide bonds. The molecular weight excluding hydrogens is 280 g/mol. The normalized spacial score (nSPS) is 28.3. The summed E-state index contributed by atoms with van der Waals surface area (Å²) in [7, 11) is 0. The standard InChI is InChI=1S/C13H21BrN2O/c1-10-11(14)8-15-16(10)9-13(4)7-5-6-12(2,3)17-13/h8H,5-7,9H2,1-4H3. The number of aromatic nitrogens is 2. The average Bonchev–Trinajstić information content (AvgIpc) is 2.47. The molecule has 0 aromatic carbocycles. The number of rotatable bonds is 2. The largest absolute Gasteiger partial charge is 0.367 e. The van der Waals surface area contributed by atoms with Crippen molar-refractivity contribution in [2.45, 2.75) is 64.7 Å². The summed E-state index contributed by atoms with van der Waals surface area (Å²) < 4.78 is 9.35. The second-order valence-corrected chi connectivity index (χ2v) is 6.76. The van der Waals surface area contributed by atoms with Crippen LogP contribution in [-0.2, 0) is 11.3 Å². The highest BCUT2D eigenvalue weighted by Gasteiger charge is 2.37. The van der Waals surface area contributed by atoms with Gasteiger partial charge in [-0.1, -0.05) is 0 Å². The summed E-state index contributed by atoms with van der Waals surface area (Å²) in [6.07, 6.45) is 5.33. The first-order chi connectivity index (χ1) is 7.81. The topological polar surface area (TPSA) is 27.1 Å². The van der Waals surface area contributed by atoms with Crippen molar-refractivity contribution in [1.29, 1.82) is 0 Å². The lowest BCUT2D eigenvalue weighted by Gasteiger charge is -2.43. The molecule has 0 N–H and O–H groups in total. The second-order valence-electron chi connectivity index (χ2n) is 5.90. The van der Waals surface area contributed by atoms with Crippen molar-refractivity contribution in [3.05, 3.63) is 16.4 Å². The third-order valence-electron chi connectivity index (χ3n) is 3.53. The predicted octanol–water partition coefficient (Wildman–Crippen LogP) is 3.69. The molecule has 0 radical (unpaired) electrons. The fraction of sp³-hybridized carbons (Fsp3) is 0.769. The molecule has 96 valence electrons. The summed E-state index contributed by atoms with van der Waals surface area (Å²) in [6.45, 7) is 9.46. The fourth-order valence-corrected chi connectivity index (χ4v) is 2.96. The molecule has 2 heterocycles. The summed E-state index contributed by atoms with van der Waals surface area (Å²) in [5.74, 6) is 0. The minimum absolute atomic E-state index is 0.00864. The van der Waals surface area contributed by atoms with Crippen LogP contribution >= 0.6 is 15.9 Å².